The molecule has 0 aliphatic heterocycles. The van der Waals surface area contributed by atoms with Gasteiger partial charge in [0.15, 0.2) is 6.10 Å². The summed E-state index contributed by atoms with van der Waals surface area (Å²) in [5.74, 6) is -0.981. The van der Waals surface area contributed by atoms with Crippen molar-refractivity contribution in [3.63, 3.8) is 0 Å². The van der Waals surface area contributed by atoms with Crippen LogP contribution in [-0.4, -0.2) is 37.2 Å². The van der Waals surface area contributed by atoms with Gasteiger partial charge in [0.2, 0.25) is 0 Å². The van der Waals surface area contributed by atoms with Crippen molar-refractivity contribution in [2.45, 2.75) is 245 Å². The summed E-state index contributed by atoms with van der Waals surface area (Å²) in [6.07, 6.45) is 65.7. The highest BCUT2D eigenvalue weighted by atomic mass is 16.6. The van der Waals surface area contributed by atoms with Crippen LogP contribution in [0.25, 0.3) is 0 Å². The number of hydrogen-bond acceptors (Lipinski definition) is 6. The lowest BCUT2D eigenvalue weighted by atomic mass is 10.1. The van der Waals surface area contributed by atoms with E-state index < -0.39 is 6.10 Å². The van der Waals surface area contributed by atoms with Crippen molar-refractivity contribution in [2.75, 3.05) is 13.2 Å². The summed E-state index contributed by atoms with van der Waals surface area (Å²) in [5.41, 5.74) is 0. The highest BCUT2D eigenvalue weighted by Crippen LogP contribution is 2.13. The Labute approximate surface area is 388 Å². The molecule has 360 valence electrons. The van der Waals surface area contributed by atoms with Crippen LogP contribution < -0.4 is 0 Å². The molecule has 63 heavy (non-hydrogen) atoms. The number of allylic oxidation sites excluding steroid dienone is 14. The smallest absolute Gasteiger partial charge is 0.306 e. The quantitative estimate of drug-likeness (QED) is 0.0199. The summed E-state index contributed by atoms with van der Waals surface area (Å²) in [6.45, 7) is 6.50. The van der Waals surface area contributed by atoms with Crippen molar-refractivity contribution in [2.24, 2.45) is 0 Å². The summed E-state index contributed by atoms with van der Waals surface area (Å²) in [7, 11) is 0. The Morgan fingerprint density at radius 2 is 0.603 bits per heavy atom. The Morgan fingerprint density at radius 1 is 0.317 bits per heavy atom. The zero-order valence-electron chi connectivity index (χ0n) is 41.1. The first kappa shape index (κ1) is 59.6. The predicted octanol–water partition coefficient (Wildman–Crippen LogP) is 17.2. The summed E-state index contributed by atoms with van der Waals surface area (Å²) >= 11 is 0. The molecule has 0 aromatic rings. The van der Waals surface area contributed by atoms with E-state index in [2.05, 4.69) is 106 Å². The van der Waals surface area contributed by atoms with Crippen molar-refractivity contribution in [1.29, 1.82) is 0 Å². The summed E-state index contributed by atoms with van der Waals surface area (Å²) < 4.78 is 16.7. The highest BCUT2D eigenvalue weighted by molar-refractivity contribution is 5.71. The third-order valence-corrected chi connectivity index (χ3v) is 11.0. The molecule has 0 aromatic heterocycles. The maximum Gasteiger partial charge on any atom is 0.306 e. The van der Waals surface area contributed by atoms with Gasteiger partial charge in [-0.2, -0.15) is 0 Å². The molecule has 0 heterocycles. The second-order valence-corrected chi connectivity index (χ2v) is 17.2. The first-order valence-electron chi connectivity index (χ1n) is 26.2. The van der Waals surface area contributed by atoms with Crippen molar-refractivity contribution < 1.29 is 28.6 Å². The second kappa shape index (κ2) is 51.2. The van der Waals surface area contributed by atoms with E-state index in [9.17, 15) is 14.4 Å². The number of esters is 3. The van der Waals surface area contributed by atoms with Crippen molar-refractivity contribution in [3.8, 4) is 0 Å². The fourth-order valence-electron chi connectivity index (χ4n) is 6.98. The van der Waals surface area contributed by atoms with Crippen LogP contribution in [0.1, 0.15) is 239 Å². The van der Waals surface area contributed by atoms with Gasteiger partial charge in [0.25, 0.3) is 0 Å². The van der Waals surface area contributed by atoms with E-state index in [4.69, 9.17) is 14.2 Å². The van der Waals surface area contributed by atoms with Crippen LogP contribution in [0.4, 0.5) is 0 Å². The lowest BCUT2D eigenvalue weighted by Crippen LogP contribution is -2.30. The lowest BCUT2D eigenvalue weighted by Gasteiger charge is -2.18. The van der Waals surface area contributed by atoms with E-state index in [1.807, 2.05) is 0 Å². The minimum absolute atomic E-state index is 0.105. The molecule has 0 fully saturated rings. The Balaban J connectivity index is 4.44. The standard InChI is InChI=1S/C57H96O6/c1-4-7-10-13-16-19-21-23-25-27-29-31-33-35-38-41-44-47-50-56(59)62-53-54(52-61-55(58)49-46-43-40-37-18-15-12-9-6-3)63-57(60)51-48-45-42-39-36-34-32-30-28-26-24-22-20-17-14-11-8-5-2/h21-32,37,40,54H,4-20,33-36,38-39,41-53H2,1-3H3/b23-21-,24-22-,27-25-,28-26-,31-29-,32-30-,40-37-. The first-order chi connectivity index (χ1) is 31.0. The van der Waals surface area contributed by atoms with Gasteiger partial charge < -0.3 is 14.2 Å². The topological polar surface area (TPSA) is 78.9 Å². The number of carbonyl (C=O) groups is 3. The Kier molecular flexibility index (Phi) is 48.5. The number of unbranched alkanes of at least 4 members (excludes halogenated alkanes) is 25. The largest absolute Gasteiger partial charge is 0.462 e. The third kappa shape index (κ3) is 49.5. The van der Waals surface area contributed by atoms with E-state index in [1.54, 1.807) is 0 Å². The minimum atomic E-state index is -0.806. The minimum Gasteiger partial charge on any atom is -0.462 e. The third-order valence-electron chi connectivity index (χ3n) is 11.0. The first-order valence-corrected chi connectivity index (χ1v) is 26.2. The fourth-order valence-corrected chi connectivity index (χ4v) is 6.98. The maximum atomic E-state index is 12.8. The molecule has 0 saturated heterocycles. The molecule has 0 N–H and O–H groups in total. The zero-order chi connectivity index (χ0) is 45.8. The maximum absolute atomic E-state index is 12.8. The van der Waals surface area contributed by atoms with Gasteiger partial charge in [0.1, 0.15) is 13.2 Å². The fraction of sp³-hybridized carbons (Fsp3) is 0.702. The molecule has 0 amide bonds. The van der Waals surface area contributed by atoms with Crippen LogP contribution in [-0.2, 0) is 28.6 Å². The summed E-state index contributed by atoms with van der Waals surface area (Å²) in [6, 6.07) is 0. The van der Waals surface area contributed by atoms with Gasteiger partial charge >= 0.3 is 17.9 Å². The number of rotatable bonds is 46. The molecule has 0 rings (SSSR count). The van der Waals surface area contributed by atoms with Gasteiger partial charge in [-0.05, 0) is 89.9 Å². The monoisotopic (exact) mass is 877 g/mol. The van der Waals surface area contributed by atoms with Crippen LogP contribution in [0, 0.1) is 0 Å². The molecule has 1 atom stereocenters. The molecule has 6 heteroatoms. The van der Waals surface area contributed by atoms with Gasteiger partial charge in [-0.1, -0.05) is 215 Å². The normalized spacial score (nSPS) is 12.7. The Morgan fingerprint density at radius 3 is 1.00 bits per heavy atom. The Bertz CT molecular complexity index is 1240. The molecule has 0 radical (unpaired) electrons. The molecule has 1 unspecified atom stereocenters. The molecule has 6 nitrogen and oxygen atoms in total. The summed E-state index contributed by atoms with van der Waals surface area (Å²) in [4.78, 5) is 37.9. The van der Waals surface area contributed by atoms with E-state index in [-0.39, 0.29) is 31.1 Å². The predicted molar refractivity (Wildman–Crippen MR) is 270 cm³/mol. The molecule has 0 aliphatic rings. The van der Waals surface area contributed by atoms with Gasteiger partial charge in [0.05, 0.1) is 0 Å². The zero-order valence-corrected chi connectivity index (χ0v) is 41.1. The van der Waals surface area contributed by atoms with Gasteiger partial charge in [-0.3, -0.25) is 14.4 Å². The van der Waals surface area contributed by atoms with Crippen molar-refractivity contribution in [1.82, 2.24) is 0 Å². The van der Waals surface area contributed by atoms with Crippen LogP contribution in [0.5, 0.6) is 0 Å². The number of ether oxygens (including phenoxy) is 3. The molecule has 0 saturated carbocycles. The Hall–Kier alpha value is -3.41. The average Bonchev–Trinajstić information content (AvgIpc) is 3.28. The van der Waals surface area contributed by atoms with E-state index in [0.717, 1.165) is 103 Å². The van der Waals surface area contributed by atoms with E-state index in [0.29, 0.717) is 25.7 Å². The molecular formula is C57H96O6. The van der Waals surface area contributed by atoms with E-state index in [1.165, 1.54) is 89.9 Å². The van der Waals surface area contributed by atoms with Crippen LogP contribution in [0.2, 0.25) is 0 Å². The van der Waals surface area contributed by atoms with Crippen LogP contribution in [0.3, 0.4) is 0 Å². The SMILES string of the molecule is CCCCCC/C=C\CCCC(=O)OCC(COC(=O)CCCCCCC\C=C/C=C\C=C/CCCCCCC)OC(=O)CCCCCCC\C=C/C=C\C=C/CCCCCCC. The van der Waals surface area contributed by atoms with E-state index >= 15 is 0 Å². The molecule has 0 bridgehead atoms. The molecule has 0 aliphatic carbocycles. The number of carbonyl (C=O) groups excluding carboxylic acids is 3. The van der Waals surface area contributed by atoms with Crippen molar-refractivity contribution >= 4 is 17.9 Å². The average molecular weight is 877 g/mol. The molecular weight excluding hydrogens is 781 g/mol. The molecule has 0 aromatic carbocycles. The van der Waals surface area contributed by atoms with Gasteiger partial charge in [0, 0.05) is 19.3 Å². The van der Waals surface area contributed by atoms with Crippen LogP contribution >= 0.6 is 0 Å². The van der Waals surface area contributed by atoms with Crippen LogP contribution in [0.15, 0.2) is 85.1 Å². The number of hydrogen-bond donors (Lipinski definition) is 0. The lowest BCUT2D eigenvalue weighted by molar-refractivity contribution is -0.167. The van der Waals surface area contributed by atoms with Gasteiger partial charge in [-0.25, -0.2) is 0 Å². The van der Waals surface area contributed by atoms with Crippen molar-refractivity contribution in [3.05, 3.63) is 85.1 Å². The molecule has 0 spiro atoms. The highest BCUT2D eigenvalue weighted by Gasteiger charge is 2.19. The summed E-state index contributed by atoms with van der Waals surface area (Å²) in [5, 5.41) is 0. The second-order valence-electron chi connectivity index (χ2n) is 17.2. The van der Waals surface area contributed by atoms with Gasteiger partial charge in [-0.15, -0.1) is 0 Å².